The molecule has 0 radical (unpaired) electrons. The predicted molar refractivity (Wildman–Crippen MR) is 94.1 cm³/mol. The van der Waals surface area contributed by atoms with E-state index >= 15 is 0 Å². The zero-order chi connectivity index (χ0) is 15.2. The van der Waals surface area contributed by atoms with Crippen LogP contribution in [0.2, 0.25) is 0 Å². The van der Waals surface area contributed by atoms with Gasteiger partial charge in [-0.3, -0.25) is 0 Å². The largest absolute Gasteiger partial charge is 0.303 e. The summed E-state index contributed by atoms with van der Waals surface area (Å²) in [6.07, 6.45) is 8.17. The van der Waals surface area contributed by atoms with Crippen molar-refractivity contribution in [1.82, 2.24) is 5.32 Å². The summed E-state index contributed by atoms with van der Waals surface area (Å²) in [7, 11) is 0. The van der Waals surface area contributed by atoms with Gasteiger partial charge in [0.1, 0.15) is 0 Å². The van der Waals surface area contributed by atoms with Crippen LogP contribution in [0, 0.1) is 6.92 Å². The van der Waals surface area contributed by atoms with Gasteiger partial charge >= 0.3 is 0 Å². The van der Waals surface area contributed by atoms with Gasteiger partial charge in [-0.15, -0.1) is 0 Å². The average Bonchev–Trinajstić information content (AvgIpc) is 2.82. The molecule has 22 heavy (non-hydrogen) atoms. The van der Waals surface area contributed by atoms with Gasteiger partial charge in [-0.1, -0.05) is 85.8 Å². The Morgan fingerprint density at radius 2 is 1.50 bits per heavy atom. The van der Waals surface area contributed by atoms with Gasteiger partial charge in [0.15, 0.2) is 0 Å². The number of hydrogen-bond acceptors (Lipinski definition) is 1. The van der Waals surface area contributed by atoms with Crippen molar-refractivity contribution in [1.29, 1.82) is 0 Å². The summed E-state index contributed by atoms with van der Waals surface area (Å²) in [4.78, 5) is 0. The Bertz CT molecular complexity index is 567. The van der Waals surface area contributed by atoms with Crippen LogP contribution in [0.4, 0.5) is 0 Å². The first-order chi connectivity index (χ1) is 10.8. The highest BCUT2D eigenvalue weighted by molar-refractivity contribution is 5.34. The lowest BCUT2D eigenvalue weighted by Crippen LogP contribution is -2.33. The van der Waals surface area contributed by atoms with E-state index in [1.54, 1.807) is 0 Å². The Hall–Kier alpha value is -1.60. The Balaban J connectivity index is 1.86. The molecule has 0 bridgehead atoms. The first-order valence-corrected chi connectivity index (χ1v) is 8.70. The standard InChI is InChI=1S/C21H27N/c1-17-10-9-13-19(16-17)21(18-11-5-4-6-12-18)22-20-14-7-2-3-8-15-20/h4-6,9-13,16,20-22H,2-3,7-8,14-15H2,1H3. The Labute approximate surface area is 134 Å². The summed E-state index contributed by atoms with van der Waals surface area (Å²) in [5.41, 5.74) is 4.09. The molecule has 1 fully saturated rings. The third-order valence-corrected chi connectivity index (χ3v) is 4.77. The molecule has 1 heteroatoms. The number of benzene rings is 2. The molecule has 0 spiro atoms. The van der Waals surface area contributed by atoms with Gasteiger partial charge in [0.2, 0.25) is 0 Å². The van der Waals surface area contributed by atoms with Gasteiger partial charge in [0.05, 0.1) is 6.04 Å². The van der Waals surface area contributed by atoms with Crippen LogP contribution >= 0.6 is 0 Å². The molecule has 2 aromatic carbocycles. The van der Waals surface area contributed by atoms with Crippen molar-refractivity contribution in [3.8, 4) is 0 Å². The van der Waals surface area contributed by atoms with E-state index in [4.69, 9.17) is 0 Å². The van der Waals surface area contributed by atoms with Crippen molar-refractivity contribution >= 4 is 0 Å². The Kier molecular flexibility index (Phi) is 5.29. The molecule has 116 valence electrons. The summed E-state index contributed by atoms with van der Waals surface area (Å²) in [6.45, 7) is 2.18. The lowest BCUT2D eigenvalue weighted by molar-refractivity contribution is 0.427. The van der Waals surface area contributed by atoms with Crippen molar-refractivity contribution in [3.05, 3.63) is 71.3 Å². The van der Waals surface area contributed by atoms with E-state index < -0.39 is 0 Å². The predicted octanol–water partition coefficient (Wildman–Crippen LogP) is 5.40. The first kappa shape index (κ1) is 15.3. The second-order valence-electron chi connectivity index (χ2n) is 6.61. The summed E-state index contributed by atoms with van der Waals surface area (Å²) in [5, 5.41) is 3.96. The lowest BCUT2D eigenvalue weighted by Gasteiger charge is -2.26. The number of hydrogen-bond donors (Lipinski definition) is 1. The third-order valence-electron chi connectivity index (χ3n) is 4.77. The monoisotopic (exact) mass is 293 g/mol. The van der Waals surface area contributed by atoms with Crippen molar-refractivity contribution in [2.45, 2.75) is 57.5 Å². The van der Waals surface area contributed by atoms with E-state index in [2.05, 4.69) is 66.8 Å². The van der Waals surface area contributed by atoms with Gasteiger partial charge in [0.25, 0.3) is 0 Å². The highest BCUT2D eigenvalue weighted by Crippen LogP contribution is 2.26. The van der Waals surface area contributed by atoms with Gasteiger partial charge in [-0.2, -0.15) is 0 Å². The van der Waals surface area contributed by atoms with E-state index in [0.29, 0.717) is 12.1 Å². The van der Waals surface area contributed by atoms with Crippen LogP contribution in [0.15, 0.2) is 54.6 Å². The second kappa shape index (κ2) is 7.60. The smallest absolute Gasteiger partial charge is 0.0578 e. The molecule has 3 rings (SSSR count). The minimum atomic E-state index is 0.309. The van der Waals surface area contributed by atoms with E-state index in [0.717, 1.165) is 0 Å². The molecular weight excluding hydrogens is 266 g/mol. The van der Waals surface area contributed by atoms with Crippen LogP contribution < -0.4 is 5.32 Å². The van der Waals surface area contributed by atoms with E-state index in [1.165, 1.54) is 55.2 Å². The van der Waals surface area contributed by atoms with Gasteiger partial charge < -0.3 is 5.32 Å². The maximum absolute atomic E-state index is 3.96. The van der Waals surface area contributed by atoms with Crippen molar-refractivity contribution < 1.29 is 0 Å². The summed E-state index contributed by atoms with van der Waals surface area (Å²) in [5.74, 6) is 0. The van der Waals surface area contributed by atoms with Gasteiger partial charge in [-0.25, -0.2) is 0 Å². The minimum Gasteiger partial charge on any atom is -0.303 e. The maximum atomic E-state index is 3.96. The van der Waals surface area contributed by atoms with Crippen molar-refractivity contribution in [3.63, 3.8) is 0 Å². The van der Waals surface area contributed by atoms with Crippen LogP contribution in [-0.2, 0) is 0 Å². The highest BCUT2D eigenvalue weighted by atomic mass is 15.0. The zero-order valence-electron chi connectivity index (χ0n) is 13.6. The maximum Gasteiger partial charge on any atom is 0.0578 e. The highest BCUT2D eigenvalue weighted by Gasteiger charge is 2.19. The second-order valence-corrected chi connectivity index (χ2v) is 6.61. The summed E-state index contributed by atoms with van der Waals surface area (Å²) < 4.78 is 0. The summed E-state index contributed by atoms with van der Waals surface area (Å²) >= 11 is 0. The van der Waals surface area contributed by atoms with E-state index in [9.17, 15) is 0 Å². The molecule has 2 aromatic rings. The molecule has 1 atom stereocenters. The molecule has 0 heterocycles. The lowest BCUT2D eigenvalue weighted by atomic mass is 9.95. The fraction of sp³-hybridized carbons (Fsp3) is 0.429. The molecule has 0 saturated heterocycles. The van der Waals surface area contributed by atoms with E-state index in [1.807, 2.05) is 0 Å². The van der Waals surface area contributed by atoms with Crippen LogP contribution in [0.5, 0.6) is 0 Å². The van der Waals surface area contributed by atoms with Gasteiger partial charge in [0, 0.05) is 6.04 Å². The molecule has 0 aliphatic heterocycles. The van der Waals surface area contributed by atoms with Gasteiger partial charge in [-0.05, 0) is 30.9 Å². The Morgan fingerprint density at radius 1 is 0.818 bits per heavy atom. The average molecular weight is 293 g/mol. The van der Waals surface area contributed by atoms with Crippen LogP contribution in [0.3, 0.4) is 0 Å². The SMILES string of the molecule is Cc1cccc(C(NC2CCCCCC2)c2ccccc2)c1. The molecule has 1 aliphatic carbocycles. The normalized spacial score (nSPS) is 17.9. The molecule has 1 aliphatic rings. The molecule has 1 N–H and O–H groups in total. The third kappa shape index (κ3) is 3.98. The number of nitrogens with one attached hydrogen (secondary N) is 1. The molecule has 0 aromatic heterocycles. The fourth-order valence-corrected chi connectivity index (χ4v) is 3.56. The molecule has 1 saturated carbocycles. The number of aryl methyl sites for hydroxylation is 1. The van der Waals surface area contributed by atoms with Crippen LogP contribution in [0.1, 0.15) is 61.3 Å². The molecule has 1 nitrogen and oxygen atoms in total. The summed E-state index contributed by atoms with van der Waals surface area (Å²) in [6, 6.07) is 20.8. The fourth-order valence-electron chi connectivity index (χ4n) is 3.56. The van der Waals surface area contributed by atoms with Crippen LogP contribution in [-0.4, -0.2) is 6.04 Å². The molecule has 1 unspecified atom stereocenters. The molecular formula is C21H27N. The first-order valence-electron chi connectivity index (χ1n) is 8.70. The molecule has 0 amide bonds. The quantitative estimate of drug-likeness (QED) is 0.744. The van der Waals surface area contributed by atoms with Crippen molar-refractivity contribution in [2.24, 2.45) is 0 Å². The van der Waals surface area contributed by atoms with Crippen LogP contribution in [0.25, 0.3) is 0 Å². The topological polar surface area (TPSA) is 12.0 Å². The van der Waals surface area contributed by atoms with E-state index in [-0.39, 0.29) is 0 Å². The van der Waals surface area contributed by atoms with Crippen molar-refractivity contribution in [2.75, 3.05) is 0 Å². The number of rotatable bonds is 4. The zero-order valence-corrected chi connectivity index (χ0v) is 13.6. The Morgan fingerprint density at radius 3 is 2.18 bits per heavy atom. The minimum absolute atomic E-state index is 0.309.